The van der Waals surface area contributed by atoms with Crippen LogP contribution in [0.3, 0.4) is 0 Å². The van der Waals surface area contributed by atoms with E-state index in [9.17, 15) is 10.1 Å². The maximum Gasteiger partial charge on any atom is 0.269 e. The number of anilines is 4. The summed E-state index contributed by atoms with van der Waals surface area (Å²) in [5.74, 6) is 0.903. The van der Waals surface area contributed by atoms with Gasteiger partial charge in [0, 0.05) is 41.5 Å². The monoisotopic (exact) mass is 488 g/mol. The number of morpholine rings is 1. The normalized spacial score (nSPS) is 13.8. The third-order valence-corrected chi connectivity index (χ3v) is 5.14. The molecule has 0 amide bonds. The van der Waals surface area contributed by atoms with Gasteiger partial charge in [0.2, 0.25) is 17.8 Å². The lowest BCUT2D eigenvalue weighted by Gasteiger charge is -2.27. The Bertz CT molecular complexity index is 1170. The Morgan fingerprint density at radius 3 is 2.48 bits per heavy atom. The maximum absolute atomic E-state index is 10.9. The topological polar surface area (TPSA) is 131 Å². The molecule has 1 aliphatic heterocycles. The summed E-state index contributed by atoms with van der Waals surface area (Å²) >= 11 is 12.1. The van der Waals surface area contributed by atoms with Crippen molar-refractivity contribution in [3.63, 3.8) is 0 Å². The minimum absolute atomic E-state index is 0.0113. The van der Waals surface area contributed by atoms with E-state index in [-0.39, 0.29) is 17.6 Å². The number of nitro benzene ring substituents is 1. The maximum atomic E-state index is 10.9. The number of hydrogen-bond donors (Lipinski definition) is 2. The average molecular weight is 489 g/mol. The molecule has 170 valence electrons. The van der Waals surface area contributed by atoms with Crippen LogP contribution in [0.1, 0.15) is 5.56 Å². The molecule has 4 rings (SSSR count). The first-order chi connectivity index (χ1) is 16.0. The molecule has 0 bridgehead atoms. The number of rotatable bonds is 7. The first kappa shape index (κ1) is 22.6. The van der Waals surface area contributed by atoms with E-state index in [0.717, 1.165) is 0 Å². The zero-order valence-electron chi connectivity index (χ0n) is 17.1. The third kappa shape index (κ3) is 6.04. The van der Waals surface area contributed by atoms with Crippen molar-refractivity contribution in [1.29, 1.82) is 0 Å². The van der Waals surface area contributed by atoms with E-state index in [4.69, 9.17) is 27.9 Å². The minimum Gasteiger partial charge on any atom is -0.378 e. The Balaban J connectivity index is 1.57. The summed E-state index contributed by atoms with van der Waals surface area (Å²) < 4.78 is 5.40. The predicted octanol–water partition coefficient (Wildman–Crippen LogP) is 4.11. The molecular formula is C20H18Cl2N8O3. The molecule has 0 aliphatic carbocycles. The van der Waals surface area contributed by atoms with E-state index in [1.54, 1.807) is 30.3 Å². The van der Waals surface area contributed by atoms with Gasteiger partial charge >= 0.3 is 0 Å². The highest BCUT2D eigenvalue weighted by Crippen LogP contribution is 2.22. The van der Waals surface area contributed by atoms with E-state index in [2.05, 4.69) is 30.8 Å². The molecular weight excluding hydrogens is 471 g/mol. The molecule has 33 heavy (non-hydrogen) atoms. The Morgan fingerprint density at radius 1 is 1.06 bits per heavy atom. The van der Waals surface area contributed by atoms with E-state index >= 15 is 0 Å². The van der Waals surface area contributed by atoms with Crippen molar-refractivity contribution in [2.75, 3.05) is 41.9 Å². The average Bonchev–Trinajstić information content (AvgIpc) is 2.81. The van der Waals surface area contributed by atoms with Gasteiger partial charge in [-0.2, -0.15) is 20.1 Å². The van der Waals surface area contributed by atoms with Crippen LogP contribution in [0.4, 0.5) is 29.2 Å². The Labute approximate surface area is 198 Å². The van der Waals surface area contributed by atoms with Crippen molar-refractivity contribution >= 4 is 58.6 Å². The van der Waals surface area contributed by atoms with E-state index < -0.39 is 4.92 Å². The van der Waals surface area contributed by atoms with Gasteiger partial charge in [0.05, 0.1) is 29.4 Å². The summed E-state index contributed by atoms with van der Waals surface area (Å²) in [6.07, 6.45) is 1.53. The minimum atomic E-state index is -0.462. The van der Waals surface area contributed by atoms with Crippen molar-refractivity contribution in [3.8, 4) is 0 Å². The molecule has 0 unspecified atom stereocenters. The number of hydrazone groups is 1. The molecule has 1 saturated heterocycles. The molecule has 1 aromatic heterocycles. The van der Waals surface area contributed by atoms with Crippen molar-refractivity contribution in [3.05, 3.63) is 68.2 Å². The van der Waals surface area contributed by atoms with Gasteiger partial charge in [0.15, 0.2) is 0 Å². The number of benzene rings is 2. The first-order valence-electron chi connectivity index (χ1n) is 9.82. The zero-order chi connectivity index (χ0) is 23.2. The number of halogens is 2. The molecule has 13 heteroatoms. The summed E-state index contributed by atoms with van der Waals surface area (Å²) in [5, 5.41) is 19.1. The van der Waals surface area contributed by atoms with Crippen LogP contribution in [-0.4, -0.2) is 52.4 Å². The van der Waals surface area contributed by atoms with Crippen LogP contribution in [-0.2, 0) is 4.74 Å². The number of non-ortho nitro benzene ring substituents is 1. The number of aromatic nitrogens is 3. The molecule has 0 radical (unpaired) electrons. The van der Waals surface area contributed by atoms with Gasteiger partial charge in [0.1, 0.15) is 0 Å². The highest BCUT2D eigenvalue weighted by molar-refractivity contribution is 6.36. The van der Waals surface area contributed by atoms with Gasteiger partial charge in [-0.3, -0.25) is 10.1 Å². The van der Waals surface area contributed by atoms with Crippen LogP contribution in [0.2, 0.25) is 10.0 Å². The molecule has 2 heterocycles. The number of ether oxygens (including phenoxy) is 1. The highest BCUT2D eigenvalue weighted by atomic mass is 35.5. The molecule has 0 saturated carbocycles. The predicted molar refractivity (Wildman–Crippen MR) is 127 cm³/mol. The van der Waals surface area contributed by atoms with Crippen molar-refractivity contribution in [2.24, 2.45) is 5.10 Å². The lowest BCUT2D eigenvalue weighted by molar-refractivity contribution is -0.384. The molecule has 0 spiro atoms. The van der Waals surface area contributed by atoms with E-state index in [0.29, 0.717) is 53.5 Å². The summed E-state index contributed by atoms with van der Waals surface area (Å²) in [6.45, 7) is 2.38. The van der Waals surface area contributed by atoms with Crippen molar-refractivity contribution < 1.29 is 9.66 Å². The quantitative estimate of drug-likeness (QED) is 0.286. The van der Waals surface area contributed by atoms with Gasteiger partial charge in [-0.15, -0.1) is 0 Å². The Hall–Kier alpha value is -3.54. The highest BCUT2D eigenvalue weighted by Gasteiger charge is 2.17. The van der Waals surface area contributed by atoms with Crippen LogP contribution >= 0.6 is 23.2 Å². The fourth-order valence-corrected chi connectivity index (χ4v) is 3.39. The smallest absolute Gasteiger partial charge is 0.269 e. The fourth-order valence-electron chi connectivity index (χ4n) is 2.94. The molecule has 0 atom stereocenters. The van der Waals surface area contributed by atoms with Crippen LogP contribution in [0, 0.1) is 10.1 Å². The summed E-state index contributed by atoms with van der Waals surface area (Å²) in [6, 6.07) is 11.0. The molecule has 3 aromatic rings. The van der Waals surface area contributed by atoms with Crippen LogP contribution in [0.5, 0.6) is 0 Å². The summed E-state index contributed by atoms with van der Waals surface area (Å²) in [4.78, 5) is 25.6. The Morgan fingerprint density at radius 2 is 1.79 bits per heavy atom. The van der Waals surface area contributed by atoms with E-state index in [1.165, 1.54) is 18.3 Å². The van der Waals surface area contributed by atoms with Gasteiger partial charge in [-0.1, -0.05) is 29.3 Å². The van der Waals surface area contributed by atoms with Crippen LogP contribution in [0.15, 0.2) is 47.6 Å². The molecule has 1 aliphatic rings. The van der Waals surface area contributed by atoms with Crippen molar-refractivity contribution in [1.82, 2.24) is 15.0 Å². The van der Waals surface area contributed by atoms with Crippen LogP contribution < -0.4 is 15.6 Å². The number of nitro groups is 1. The SMILES string of the molecule is O=[N+]([O-])c1ccc(Nc2nc(N/N=C\c3ccc(Cl)cc3Cl)nc(N3CCOCC3)n2)cc1. The second kappa shape index (κ2) is 10.4. The number of nitrogens with zero attached hydrogens (tertiary/aromatic N) is 6. The molecule has 1 fully saturated rings. The van der Waals surface area contributed by atoms with Gasteiger partial charge in [0.25, 0.3) is 5.69 Å². The fraction of sp³-hybridized carbons (Fsp3) is 0.200. The largest absolute Gasteiger partial charge is 0.378 e. The second-order valence-electron chi connectivity index (χ2n) is 6.85. The zero-order valence-corrected chi connectivity index (χ0v) is 18.6. The lowest BCUT2D eigenvalue weighted by atomic mass is 10.2. The van der Waals surface area contributed by atoms with E-state index in [1.807, 2.05) is 4.90 Å². The molecule has 11 nitrogen and oxygen atoms in total. The van der Waals surface area contributed by atoms with Gasteiger partial charge in [-0.25, -0.2) is 5.43 Å². The summed E-state index contributed by atoms with van der Waals surface area (Å²) in [5.41, 5.74) is 4.03. The standard InChI is InChI=1S/C20H18Cl2N8O3/c21-14-2-1-13(17(22)11-14)12-23-28-19-25-18(24-15-3-5-16(6-4-15)30(31)32)26-20(27-19)29-7-9-33-10-8-29/h1-6,11-12H,7-10H2,(H2,24,25,26,27,28)/b23-12-. The third-order valence-electron chi connectivity index (χ3n) is 4.58. The van der Waals surface area contributed by atoms with Gasteiger partial charge < -0.3 is 15.0 Å². The molecule has 2 aromatic carbocycles. The summed E-state index contributed by atoms with van der Waals surface area (Å²) in [7, 11) is 0. The molecule has 2 N–H and O–H groups in total. The Kier molecular flexibility index (Phi) is 7.13. The lowest BCUT2D eigenvalue weighted by Crippen LogP contribution is -2.37. The number of nitrogens with one attached hydrogen (secondary N) is 2. The number of hydrogen-bond acceptors (Lipinski definition) is 10. The van der Waals surface area contributed by atoms with Gasteiger partial charge in [-0.05, 0) is 24.3 Å². The van der Waals surface area contributed by atoms with Crippen LogP contribution in [0.25, 0.3) is 0 Å². The van der Waals surface area contributed by atoms with Crippen molar-refractivity contribution in [2.45, 2.75) is 0 Å². The second-order valence-corrected chi connectivity index (χ2v) is 7.69. The first-order valence-corrected chi connectivity index (χ1v) is 10.6.